The van der Waals surface area contributed by atoms with E-state index in [1.165, 1.54) is 29.2 Å². The Kier molecular flexibility index (Phi) is 5.59. The molecular weight excluding hydrogens is 372 g/mol. The molecule has 1 amide bonds. The summed E-state index contributed by atoms with van der Waals surface area (Å²) in [5.41, 5.74) is 3.15. The van der Waals surface area contributed by atoms with Crippen LogP contribution in [0.25, 0.3) is 0 Å². The van der Waals surface area contributed by atoms with E-state index in [0.29, 0.717) is 4.34 Å². The Bertz CT molecular complexity index is 917. The number of anilines is 1. The molecule has 3 rings (SSSR count). The maximum atomic E-state index is 12.9. The van der Waals surface area contributed by atoms with Crippen LogP contribution in [-0.2, 0) is 4.79 Å². The van der Waals surface area contributed by atoms with Crippen LogP contribution in [0, 0.1) is 17.0 Å². The predicted octanol–water partition coefficient (Wildman–Crippen LogP) is 4.23. The first-order chi connectivity index (χ1) is 12.5. The summed E-state index contributed by atoms with van der Waals surface area (Å²) in [7, 11) is 0. The van der Waals surface area contributed by atoms with E-state index in [4.69, 9.17) is 0 Å². The van der Waals surface area contributed by atoms with Crippen LogP contribution in [0.5, 0.6) is 0 Å². The van der Waals surface area contributed by atoms with Crippen molar-refractivity contribution in [3.63, 3.8) is 0 Å². The van der Waals surface area contributed by atoms with Gasteiger partial charge in [0.2, 0.25) is 5.91 Å². The van der Waals surface area contributed by atoms with Gasteiger partial charge in [0, 0.05) is 6.07 Å². The van der Waals surface area contributed by atoms with Crippen molar-refractivity contribution in [2.24, 2.45) is 0 Å². The Morgan fingerprint density at radius 3 is 2.69 bits per heavy atom. The summed E-state index contributed by atoms with van der Waals surface area (Å²) < 4.78 is 0.646. The first-order valence-corrected chi connectivity index (χ1v) is 9.34. The Morgan fingerprint density at radius 2 is 2.04 bits per heavy atom. The third kappa shape index (κ3) is 4.24. The highest BCUT2D eigenvalue weighted by molar-refractivity contribution is 8.01. The Hall–Kier alpha value is -2.78. The third-order valence-corrected chi connectivity index (χ3v) is 5.57. The van der Waals surface area contributed by atoms with Gasteiger partial charge in [-0.15, -0.1) is 10.2 Å². The SMILES string of the molecule is Cc1ccc(NC(=O)C(Sc2nncs2)c2ccccc2)c([N+](=O)[O-])c1. The highest BCUT2D eigenvalue weighted by Gasteiger charge is 2.26. The van der Waals surface area contributed by atoms with Gasteiger partial charge in [0.25, 0.3) is 5.69 Å². The molecule has 1 unspecified atom stereocenters. The van der Waals surface area contributed by atoms with Crippen molar-refractivity contribution in [3.05, 3.63) is 75.3 Å². The average molecular weight is 386 g/mol. The molecule has 0 aliphatic carbocycles. The van der Waals surface area contributed by atoms with Crippen molar-refractivity contribution in [1.82, 2.24) is 10.2 Å². The zero-order chi connectivity index (χ0) is 18.5. The Labute approximate surface area is 157 Å². The van der Waals surface area contributed by atoms with E-state index >= 15 is 0 Å². The Balaban J connectivity index is 1.90. The number of amides is 1. The number of nitro benzene ring substituents is 1. The normalized spacial score (nSPS) is 11.7. The number of nitro groups is 1. The molecule has 3 aromatic rings. The van der Waals surface area contributed by atoms with Gasteiger partial charge in [-0.05, 0) is 24.1 Å². The number of rotatable bonds is 6. The van der Waals surface area contributed by atoms with E-state index in [2.05, 4.69) is 15.5 Å². The molecule has 1 aromatic heterocycles. The minimum absolute atomic E-state index is 0.133. The molecule has 1 atom stereocenters. The molecule has 0 bridgehead atoms. The Morgan fingerprint density at radius 1 is 1.27 bits per heavy atom. The van der Waals surface area contributed by atoms with Crippen LogP contribution in [0.1, 0.15) is 16.4 Å². The number of benzene rings is 2. The monoisotopic (exact) mass is 386 g/mol. The summed E-state index contributed by atoms with van der Waals surface area (Å²) in [6, 6.07) is 13.9. The van der Waals surface area contributed by atoms with Crippen molar-refractivity contribution < 1.29 is 9.72 Å². The van der Waals surface area contributed by atoms with E-state index < -0.39 is 10.2 Å². The van der Waals surface area contributed by atoms with Crippen LogP contribution in [0.15, 0.2) is 58.4 Å². The zero-order valence-corrected chi connectivity index (χ0v) is 15.3. The molecule has 0 saturated heterocycles. The maximum absolute atomic E-state index is 12.9. The summed E-state index contributed by atoms with van der Waals surface area (Å²) in [6.45, 7) is 1.76. The molecule has 7 nitrogen and oxygen atoms in total. The average Bonchev–Trinajstić information content (AvgIpc) is 3.15. The van der Waals surface area contributed by atoms with Crippen molar-refractivity contribution >= 4 is 40.4 Å². The molecule has 1 heterocycles. The van der Waals surface area contributed by atoms with E-state index in [0.717, 1.165) is 11.1 Å². The molecule has 132 valence electrons. The molecule has 0 spiro atoms. The number of carbonyl (C=O) groups is 1. The number of thioether (sulfide) groups is 1. The quantitative estimate of drug-likeness (QED) is 0.387. The minimum Gasteiger partial charge on any atom is -0.319 e. The van der Waals surface area contributed by atoms with Crippen molar-refractivity contribution in [2.45, 2.75) is 16.5 Å². The summed E-state index contributed by atoms with van der Waals surface area (Å²) in [5.74, 6) is -0.358. The molecule has 0 aliphatic rings. The van der Waals surface area contributed by atoms with E-state index in [-0.39, 0.29) is 17.3 Å². The standard InChI is InChI=1S/C17H14N4O3S2/c1-11-7-8-13(14(9-11)21(23)24)19-16(22)15(12-5-3-2-4-6-12)26-17-20-18-10-25-17/h2-10,15H,1H3,(H,19,22). The van der Waals surface area contributed by atoms with Crippen LogP contribution < -0.4 is 5.32 Å². The number of nitrogens with zero attached hydrogens (tertiary/aromatic N) is 3. The largest absolute Gasteiger partial charge is 0.319 e. The molecule has 26 heavy (non-hydrogen) atoms. The van der Waals surface area contributed by atoms with Gasteiger partial charge in [-0.25, -0.2) is 0 Å². The van der Waals surface area contributed by atoms with Crippen molar-refractivity contribution in [2.75, 3.05) is 5.32 Å². The van der Waals surface area contributed by atoms with Crippen LogP contribution in [0.4, 0.5) is 11.4 Å². The van der Waals surface area contributed by atoms with Crippen molar-refractivity contribution in [1.29, 1.82) is 0 Å². The summed E-state index contributed by atoms with van der Waals surface area (Å²) >= 11 is 2.59. The van der Waals surface area contributed by atoms with Gasteiger partial charge < -0.3 is 5.32 Å². The topological polar surface area (TPSA) is 98.0 Å². The molecule has 0 saturated carbocycles. The number of carbonyl (C=O) groups excluding carboxylic acids is 1. The van der Waals surface area contributed by atoms with Gasteiger partial charge in [-0.1, -0.05) is 59.5 Å². The summed E-state index contributed by atoms with van der Waals surface area (Å²) in [4.78, 5) is 23.7. The first kappa shape index (κ1) is 18.0. The van der Waals surface area contributed by atoms with Gasteiger partial charge in [0.1, 0.15) is 16.4 Å². The van der Waals surface area contributed by atoms with Crippen LogP contribution in [0.3, 0.4) is 0 Å². The highest BCUT2D eigenvalue weighted by Crippen LogP contribution is 2.37. The lowest BCUT2D eigenvalue weighted by Crippen LogP contribution is -2.19. The fourth-order valence-corrected chi connectivity index (χ4v) is 3.99. The molecule has 0 fully saturated rings. The lowest BCUT2D eigenvalue weighted by molar-refractivity contribution is -0.384. The first-order valence-electron chi connectivity index (χ1n) is 7.58. The molecule has 0 aliphatic heterocycles. The smallest absolute Gasteiger partial charge is 0.293 e. The summed E-state index contributed by atoms with van der Waals surface area (Å²) in [6.07, 6.45) is 0. The van der Waals surface area contributed by atoms with Gasteiger partial charge in [0.05, 0.1) is 4.92 Å². The fourth-order valence-electron chi connectivity index (χ4n) is 2.31. The number of hydrogen-bond donors (Lipinski definition) is 1. The molecule has 0 radical (unpaired) electrons. The third-order valence-electron chi connectivity index (χ3n) is 3.51. The minimum atomic E-state index is -0.606. The second kappa shape index (κ2) is 8.07. The van der Waals surface area contributed by atoms with Crippen molar-refractivity contribution in [3.8, 4) is 0 Å². The van der Waals surface area contributed by atoms with Crippen LogP contribution in [0.2, 0.25) is 0 Å². The highest BCUT2D eigenvalue weighted by atomic mass is 32.2. The lowest BCUT2D eigenvalue weighted by atomic mass is 10.1. The number of aryl methyl sites for hydroxylation is 1. The lowest BCUT2D eigenvalue weighted by Gasteiger charge is -2.15. The maximum Gasteiger partial charge on any atom is 0.293 e. The second-order valence-electron chi connectivity index (χ2n) is 5.38. The second-order valence-corrected chi connectivity index (χ2v) is 7.57. The number of nitrogens with one attached hydrogen (secondary N) is 1. The molecule has 9 heteroatoms. The van der Waals surface area contributed by atoms with E-state index in [1.54, 1.807) is 24.6 Å². The molecule has 2 aromatic carbocycles. The van der Waals surface area contributed by atoms with E-state index in [9.17, 15) is 14.9 Å². The van der Waals surface area contributed by atoms with E-state index in [1.807, 2.05) is 30.3 Å². The summed E-state index contributed by atoms with van der Waals surface area (Å²) in [5, 5.41) is 21.1. The van der Waals surface area contributed by atoms with Gasteiger partial charge in [0.15, 0.2) is 4.34 Å². The number of hydrogen-bond acceptors (Lipinski definition) is 7. The predicted molar refractivity (Wildman–Crippen MR) is 101 cm³/mol. The van der Waals surface area contributed by atoms with Crippen LogP contribution in [-0.4, -0.2) is 21.0 Å². The van der Waals surface area contributed by atoms with Gasteiger partial charge in [-0.2, -0.15) is 0 Å². The fraction of sp³-hybridized carbons (Fsp3) is 0.118. The van der Waals surface area contributed by atoms with Gasteiger partial charge >= 0.3 is 0 Å². The number of aromatic nitrogens is 2. The van der Waals surface area contributed by atoms with Gasteiger partial charge in [-0.3, -0.25) is 14.9 Å². The molecule has 1 N–H and O–H groups in total. The molecular formula is C17H14N4O3S2. The zero-order valence-electron chi connectivity index (χ0n) is 13.7. The van der Waals surface area contributed by atoms with Crippen LogP contribution >= 0.6 is 23.1 Å².